The second kappa shape index (κ2) is 7.37. The van der Waals surface area contributed by atoms with Crippen LogP contribution in [-0.2, 0) is 0 Å². The molecule has 150 valence electrons. The smallest absolute Gasteiger partial charge is 0.0120 e. The molecule has 1 aliphatic carbocycles. The van der Waals surface area contributed by atoms with E-state index in [-0.39, 0.29) is 0 Å². The lowest BCUT2D eigenvalue weighted by molar-refractivity contribution is -0.0672. The van der Waals surface area contributed by atoms with Crippen LogP contribution in [0.1, 0.15) is 72.6 Å². The van der Waals surface area contributed by atoms with Crippen LogP contribution in [0.3, 0.4) is 0 Å². The summed E-state index contributed by atoms with van der Waals surface area (Å²) in [6.45, 7) is 19.1. The van der Waals surface area contributed by atoms with Gasteiger partial charge in [0.1, 0.15) is 0 Å². The molecule has 3 nitrogen and oxygen atoms in total. The molecule has 0 amide bonds. The molecule has 1 saturated carbocycles. The van der Waals surface area contributed by atoms with Crippen LogP contribution in [0.4, 0.5) is 0 Å². The molecule has 0 aromatic heterocycles. The zero-order valence-corrected chi connectivity index (χ0v) is 18.0. The zero-order valence-electron chi connectivity index (χ0n) is 18.0. The molecule has 0 bridgehead atoms. The number of piperidine rings is 2. The molecule has 1 spiro atoms. The van der Waals surface area contributed by atoms with Gasteiger partial charge in [-0.2, -0.15) is 0 Å². The van der Waals surface area contributed by atoms with Crippen LogP contribution in [0.15, 0.2) is 0 Å². The van der Waals surface area contributed by atoms with Crippen LogP contribution >= 0.6 is 0 Å². The average Bonchev–Trinajstić information content (AvgIpc) is 3.32. The minimum atomic E-state index is 0.697. The molecule has 0 aromatic rings. The third-order valence-electron chi connectivity index (χ3n) is 8.08. The lowest BCUT2D eigenvalue weighted by Crippen LogP contribution is -2.62. The fourth-order valence-electron chi connectivity index (χ4n) is 6.41. The number of nitrogens with zero attached hydrogens (tertiary/aromatic N) is 3. The van der Waals surface area contributed by atoms with E-state index in [0.29, 0.717) is 5.41 Å². The standard InChI is InChI=1S/C23H43N3/c1-19(2)15-22(7-8-22)16-24-17-23(18-24)9-13-26(14-10-23)21-5-11-25(12-6-21)20(3)4/h19-21H,5-18H2,1-4H3. The first-order chi connectivity index (χ1) is 12.4. The van der Waals surface area contributed by atoms with Gasteiger partial charge in [-0.25, -0.2) is 0 Å². The van der Waals surface area contributed by atoms with Crippen molar-refractivity contribution < 1.29 is 0 Å². The molecule has 3 aliphatic heterocycles. The Morgan fingerprint density at radius 3 is 1.96 bits per heavy atom. The van der Waals surface area contributed by atoms with Crippen LogP contribution in [0.5, 0.6) is 0 Å². The molecule has 0 N–H and O–H groups in total. The van der Waals surface area contributed by atoms with E-state index in [9.17, 15) is 0 Å². The summed E-state index contributed by atoms with van der Waals surface area (Å²) < 4.78 is 0. The predicted molar refractivity (Wildman–Crippen MR) is 111 cm³/mol. The number of rotatable bonds is 6. The van der Waals surface area contributed by atoms with Crippen molar-refractivity contribution in [2.45, 2.75) is 84.7 Å². The first kappa shape index (κ1) is 19.2. The third-order valence-corrected chi connectivity index (χ3v) is 8.08. The molecule has 3 saturated heterocycles. The van der Waals surface area contributed by atoms with Crippen molar-refractivity contribution in [3.8, 4) is 0 Å². The van der Waals surface area contributed by atoms with E-state index in [4.69, 9.17) is 0 Å². The molecule has 0 radical (unpaired) electrons. The molecule has 3 heteroatoms. The maximum atomic E-state index is 2.85. The SMILES string of the molecule is CC(C)CC1(CN2CC3(CCN(C4CCN(C(C)C)CC4)CC3)C2)CC1. The van der Waals surface area contributed by atoms with Gasteiger partial charge in [0.2, 0.25) is 0 Å². The van der Waals surface area contributed by atoms with Crippen LogP contribution < -0.4 is 0 Å². The summed E-state index contributed by atoms with van der Waals surface area (Å²) in [5.41, 5.74) is 1.42. The Balaban J connectivity index is 1.18. The minimum absolute atomic E-state index is 0.697. The maximum Gasteiger partial charge on any atom is 0.0120 e. The van der Waals surface area contributed by atoms with Gasteiger partial charge >= 0.3 is 0 Å². The lowest BCUT2D eigenvalue weighted by Gasteiger charge is -2.56. The van der Waals surface area contributed by atoms with E-state index in [2.05, 4.69) is 42.4 Å². The lowest BCUT2D eigenvalue weighted by atomic mass is 9.71. The summed E-state index contributed by atoms with van der Waals surface area (Å²) in [6, 6.07) is 1.60. The third kappa shape index (κ3) is 4.15. The Kier molecular flexibility index (Phi) is 5.44. The molecule has 4 aliphatic rings. The molecule has 4 fully saturated rings. The first-order valence-corrected chi connectivity index (χ1v) is 11.6. The minimum Gasteiger partial charge on any atom is -0.302 e. The van der Waals surface area contributed by atoms with Crippen molar-refractivity contribution >= 4 is 0 Å². The van der Waals surface area contributed by atoms with Gasteiger partial charge in [0.05, 0.1) is 0 Å². The molecule has 4 rings (SSSR count). The Bertz CT molecular complexity index is 458. The largest absolute Gasteiger partial charge is 0.302 e. The van der Waals surface area contributed by atoms with Crippen molar-refractivity contribution in [3.63, 3.8) is 0 Å². The molecular weight excluding hydrogens is 318 g/mol. The summed E-state index contributed by atoms with van der Waals surface area (Å²) >= 11 is 0. The highest BCUT2D eigenvalue weighted by atomic mass is 15.3. The van der Waals surface area contributed by atoms with E-state index in [1.165, 1.54) is 90.8 Å². The number of hydrogen-bond donors (Lipinski definition) is 0. The summed E-state index contributed by atoms with van der Waals surface area (Å²) in [5.74, 6) is 0.873. The van der Waals surface area contributed by atoms with Crippen molar-refractivity contribution in [2.75, 3.05) is 45.8 Å². The monoisotopic (exact) mass is 361 g/mol. The summed E-state index contributed by atoms with van der Waals surface area (Å²) in [7, 11) is 0. The highest BCUT2D eigenvalue weighted by Crippen LogP contribution is 2.53. The summed E-state index contributed by atoms with van der Waals surface area (Å²) in [5, 5.41) is 0. The van der Waals surface area contributed by atoms with Crippen molar-refractivity contribution in [3.05, 3.63) is 0 Å². The van der Waals surface area contributed by atoms with Gasteiger partial charge in [-0.05, 0) is 102 Å². The van der Waals surface area contributed by atoms with E-state index in [1.54, 1.807) is 0 Å². The van der Waals surface area contributed by atoms with E-state index >= 15 is 0 Å². The van der Waals surface area contributed by atoms with Crippen molar-refractivity contribution in [1.29, 1.82) is 0 Å². The van der Waals surface area contributed by atoms with Gasteiger partial charge in [-0.3, -0.25) is 0 Å². The van der Waals surface area contributed by atoms with Gasteiger partial charge in [0.15, 0.2) is 0 Å². The van der Waals surface area contributed by atoms with Crippen molar-refractivity contribution in [1.82, 2.24) is 14.7 Å². The second-order valence-electron chi connectivity index (χ2n) is 11.1. The normalized spacial score (nSPS) is 30.2. The van der Waals surface area contributed by atoms with Crippen LogP contribution in [0.2, 0.25) is 0 Å². The molecular formula is C23H43N3. The summed E-state index contributed by atoms with van der Waals surface area (Å²) in [6.07, 6.45) is 10.2. The highest BCUT2D eigenvalue weighted by Gasteiger charge is 2.50. The van der Waals surface area contributed by atoms with Crippen LogP contribution in [0, 0.1) is 16.7 Å². The number of hydrogen-bond acceptors (Lipinski definition) is 3. The van der Waals surface area contributed by atoms with Gasteiger partial charge in [-0.1, -0.05) is 13.8 Å². The van der Waals surface area contributed by atoms with Crippen molar-refractivity contribution in [2.24, 2.45) is 16.7 Å². The Morgan fingerprint density at radius 2 is 1.46 bits per heavy atom. The Morgan fingerprint density at radius 1 is 0.846 bits per heavy atom. The maximum absolute atomic E-state index is 2.85. The Hall–Kier alpha value is -0.120. The number of likely N-dealkylation sites (tertiary alicyclic amines) is 3. The second-order valence-corrected chi connectivity index (χ2v) is 11.1. The molecule has 0 atom stereocenters. The highest BCUT2D eigenvalue weighted by molar-refractivity contribution is 5.04. The molecule has 3 heterocycles. The van der Waals surface area contributed by atoms with E-state index in [1.807, 2.05) is 0 Å². The topological polar surface area (TPSA) is 9.72 Å². The molecule has 26 heavy (non-hydrogen) atoms. The molecule has 0 unspecified atom stereocenters. The van der Waals surface area contributed by atoms with Gasteiger partial charge in [-0.15, -0.1) is 0 Å². The summed E-state index contributed by atoms with van der Waals surface area (Å²) in [4.78, 5) is 8.33. The van der Waals surface area contributed by atoms with E-state index < -0.39 is 0 Å². The van der Waals surface area contributed by atoms with Crippen LogP contribution in [-0.4, -0.2) is 72.6 Å². The molecule has 0 aromatic carbocycles. The Labute approximate surface area is 162 Å². The zero-order chi connectivity index (χ0) is 18.4. The average molecular weight is 362 g/mol. The predicted octanol–water partition coefficient (Wildman–Crippen LogP) is 4.08. The van der Waals surface area contributed by atoms with Gasteiger partial charge in [0, 0.05) is 31.7 Å². The van der Waals surface area contributed by atoms with Gasteiger partial charge < -0.3 is 14.7 Å². The first-order valence-electron chi connectivity index (χ1n) is 11.6. The van der Waals surface area contributed by atoms with Gasteiger partial charge in [0.25, 0.3) is 0 Å². The fraction of sp³-hybridized carbons (Fsp3) is 1.00. The quantitative estimate of drug-likeness (QED) is 0.706. The van der Waals surface area contributed by atoms with E-state index in [0.717, 1.165) is 23.4 Å². The fourth-order valence-corrected chi connectivity index (χ4v) is 6.41. The van der Waals surface area contributed by atoms with Crippen LogP contribution in [0.25, 0.3) is 0 Å².